The first kappa shape index (κ1) is 31.4. The molecule has 1 amide bonds. The van der Waals surface area contributed by atoms with Crippen LogP contribution in [0.25, 0.3) is 0 Å². The van der Waals surface area contributed by atoms with Gasteiger partial charge in [-0.25, -0.2) is 4.39 Å². The van der Waals surface area contributed by atoms with E-state index >= 15 is 0 Å². The second-order valence-electron chi connectivity index (χ2n) is 10.9. The number of nitrogens with two attached hydrogens (primary N) is 1. The van der Waals surface area contributed by atoms with Crippen LogP contribution in [0, 0.1) is 5.82 Å². The number of ether oxygens (including phenoxy) is 1. The molecule has 41 heavy (non-hydrogen) atoms. The molecule has 1 unspecified atom stereocenters. The summed E-state index contributed by atoms with van der Waals surface area (Å²) in [4.78, 5) is 43.8. The zero-order valence-corrected chi connectivity index (χ0v) is 24.9. The average Bonchev–Trinajstić information content (AvgIpc) is 3.30. The maximum atomic E-state index is 14.7. The highest BCUT2D eigenvalue weighted by molar-refractivity contribution is 6.42. The Hall–Kier alpha value is -2.52. The average molecular weight is 607 g/mol. The molecule has 2 aromatic carbocycles. The van der Waals surface area contributed by atoms with Crippen LogP contribution in [0.15, 0.2) is 42.5 Å². The highest BCUT2D eigenvalue weighted by atomic mass is 35.5. The molecule has 2 saturated heterocycles. The predicted molar refractivity (Wildman–Crippen MR) is 157 cm³/mol. The first-order valence-corrected chi connectivity index (χ1v) is 15.1. The number of esters is 1. The van der Waals surface area contributed by atoms with Gasteiger partial charge in [0.05, 0.1) is 28.7 Å². The molecule has 0 aliphatic carbocycles. The lowest BCUT2D eigenvalue weighted by Crippen LogP contribution is -2.50. The van der Waals surface area contributed by atoms with Gasteiger partial charge in [-0.05, 0) is 62.6 Å². The van der Waals surface area contributed by atoms with E-state index in [4.69, 9.17) is 33.7 Å². The predicted octanol–water partition coefficient (Wildman–Crippen LogP) is 4.98. The number of benzene rings is 2. The maximum absolute atomic E-state index is 14.7. The molecule has 2 N–H and O–H groups in total. The smallest absolute Gasteiger partial charge is 0.305 e. The number of Topliss-reactive ketones (excluding diaryl/α,β-unsaturated/α-hetero) is 1. The topological polar surface area (TPSA) is 92.9 Å². The van der Waals surface area contributed by atoms with Gasteiger partial charge in [0, 0.05) is 38.0 Å². The molecule has 2 heterocycles. The van der Waals surface area contributed by atoms with Crippen molar-refractivity contribution in [2.75, 3.05) is 19.7 Å². The van der Waals surface area contributed by atoms with Crippen LogP contribution in [-0.2, 0) is 32.0 Å². The van der Waals surface area contributed by atoms with Crippen LogP contribution in [0.2, 0.25) is 10.0 Å². The van der Waals surface area contributed by atoms with Crippen molar-refractivity contribution >= 4 is 40.9 Å². The number of rotatable bonds is 12. The van der Waals surface area contributed by atoms with Gasteiger partial charge in [-0.3, -0.25) is 19.3 Å². The van der Waals surface area contributed by atoms with E-state index in [1.807, 2.05) is 18.2 Å². The fourth-order valence-electron chi connectivity index (χ4n) is 6.06. The van der Waals surface area contributed by atoms with Gasteiger partial charge in [-0.1, -0.05) is 59.6 Å². The number of hydrogen-bond acceptors (Lipinski definition) is 6. The fraction of sp³-hybridized carbons (Fsp3) is 0.516. The summed E-state index contributed by atoms with van der Waals surface area (Å²) in [6, 6.07) is 12.0. The summed E-state index contributed by atoms with van der Waals surface area (Å²) in [5.74, 6) is -1.45. The third-order valence-corrected chi connectivity index (χ3v) is 8.93. The Balaban J connectivity index is 1.53. The molecular weight excluding hydrogens is 568 g/mol. The summed E-state index contributed by atoms with van der Waals surface area (Å²) in [7, 11) is 0. The lowest BCUT2D eigenvalue weighted by molar-refractivity contribution is -0.146. The number of fused-ring (bicyclic) bond motifs is 1. The van der Waals surface area contributed by atoms with E-state index in [2.05, 4.69) is 17.0 Å². The van der Waals surface area contributed by atoms with Crippen LogP contribution in [-0.4, -0.2) is 71.3 Å². The van der Waals surface area contributed by atoms with Gasteiger partial charge in [0.25, 0.3) is 0 Å². The van der Waals surface area contributed by atoms with Crippen LogP contribution in [0.4, 0.5) is 4.39 Å². The molecule has 10 heteroatoms. The molecule has 222 valence electrons. The van der Waals surface area contributed by atoms with Crippen LogP contribution in [0.1, 0.15) is 56.6 Å². The SMILES string of the molecule is CCOC(=O)CC[C@H](C(=O)CCc1ccc(Cl)c(Cl)c1F)N1CCC(CCc2ccccc2)N2C[C@H](N)C[C@H]2C1=O. The Labute approximate surface area is 251 Å². The van der Waals surface area contributed by atoms with Crippen molar-refractivity contribution < 1.29 is 23.5 Å². The van der Waals surface area contributed by atoms with E-state index in [1.54, 1.807) is 11.8 Å². The molecule has 2 aliphatic rings. The van der Waals surface area contributed by atoms with E-state index in [1.165, 1.54) is 17.7 Å². The summed E-state index contributed by atoms with van der Waals surface area (Å²) in [5.41, 5.74) is 7.85. The second kappa shape index (κ2) is 14.6. The van der Waals surface area contributed by atoms with Gasteiger partial charge >= 0.3 is 5.97 Å². The Morgan fingerprint density at radius 1 is 1.12 bits per heavy atom. The Morgan fingerprint density at radius 2 is 1.88 bits per heavy atom. The van der Waals surface area contributed by atoms with Crippen LogP contribution < -0.4 is 5.73 Å². The van der Waals surface area contributed by atoms with Gasteiger partial charge in [-0.15, -0.1) is 0 Å². The fourth-order valence-corrected chi connectivity index (χ4v) is 6.39. The first-order chi connectivity index (χ1) is 19.7. The highest BCUT2D eigenvalue weighted by Crippen LogP contribution is 2.31. The first-order valence-electron chi connectivity index (χ1n) is 14.4. The number of carbonyl (C=O) groups is 3. The molecule has 4 rings (SSSR count). The second-order valence-corrected chi connectivity index (χ2v) is 11.7. The molecule has 4 atom stereocenters. The number of carbonyl (C=O) groups excluding carboxylic acids is 3. The molecule has 2 aromatic rings. The van der Waals surface area contributed by atoms with Crippen molar-refractivity contribution in [2.45, 2.75) is 82.5 Å². The molecule has 2 aliphatic heterocycles. The van der Waals surface area contributed by atoms with Crippen LogP contribution in [0.5, 0.6) is 0 Å². The maximum Gasteiger partial charge on any atom is 0.305 e. The molecular formula is C31H38Cl2FN3O4. The van der Waals surface area contributed by atoms with Gasteiger partial charge in [0.15, 0.2) is 5.78 Å². The molecule has 0 bridgehead atoms. The number of hydrogen-bond donors (Lipinski definition) is 1. The third kappa shape index (κ3) is 7.86. The largest absolute Gasteiger partial charge is 0.466 e. The Kier molecular flexibility index (Phi) is 11.2. The molecule has 2 fully saturated rings. The van der Waals surface area contributed by atoms with E-state index < -0.39 is 23.9 Å². The lowest BCUT2D eigenvalue weighted by Gasteiger charge is -2.32. The van der Waals surface area contributed by atoms with E-state index in [9.17, 15) is 18.8 Å². The Morgan fingerprint density at radius 3 is 2.61 bits per heavy atom. The normalized spacial score (nSPS) is 21.8. The third-order valence-electron chi connectivity index (χ3n) is 8.15. The van der Waals surface area contributed by atoms with Crippen molar-refractivity contribution in [1.29, 1.82) is 0 Å². The molecule has 0 radical (unpaired) electrons. The van der Waals surface area contributed by atoms with Crippen molar-refractivity contribution in [3.63, 3.8) is 0 Å². The highest BCUT2D eigenvalue weighted by Gasteiger charge is 2.45. The Bertz CT molecular complexity index is 1230. The van der Waals surface area contributed by atoms with Crippen molar-refractivity contribution in [3.8, 4) is 0 Å². The summed E-state index contributed by atoms with van der Waals surface area (Å²) in [6.07, 6.45) is 3.17. The van der Waals surface area contributed by atoms with Gasteiger partial charge < -0.3 is 15.4 Å². The monoisotopic (exact) mass is 605 g/mol. The minimum atomic E-state index is -0.829. The molecule has 0 saturated carbocycles. The minimum absolute atomic E-state index is 0.000488. The number of halogens is 3. The molecule has 0 spiro atoms. The summed E-state index contributed by atoms with van der Waals surface area (Å²) in [5, 5.41) is -0.0831. The number of ketones is 1. The number of amides is 1. The minimum Gasteiger partial charge on any atom is -0.466 e. The number of nitrogens with zero attached hydrogens (tertiary/aromatic N) is 2. The van der Waals surface area contributed by atoms with Crippen molar-refractivity contribution in [2.24, 2.45) is 5.73 Å². The van der Waals surface area contributed by atoms with E-state index in [-0.39, 0.29) is 71.7 Å². The summed E-state index contributed by atoms with van der Waals surface area (Å²) < 4.78 is 19.8. The van der Waals surface area contributed by atoms with E-state index in [0.29, 0.717) is 25.9 Å². The van der Waals surface area contributed by atoms with Crippen LogP contribution >= 0.6 is 23.2 Å². The van der Waals surface area contributed by atoms with Crippen molar-refractivity contribution in [1.82, 2.24) is 9.80 Å². The van der Waals surface area contributed by atoms with E-state index in [0.717, 1.165) is 12.8 Å². The van der Waals surface area contributed by atoms with Gasteiger partial charge in [-0.2, -0.15) is 0 Å². The lowest BCUT2D eigenvalue weighted by atomic mass is 9.97. The van der Waals surface area contributed by atoms with Crippen molar-refractivity contribution in [3.05, 3.63) is 69.5 Å². The van der Waals surface area contributed by atoms with Gasteiger partial charge in [0.1, 0.15) is 5.82 Å². The summed E-state index contributed by atoms with van der Waals surface area (Å²) >= 11 is 11.9. The molecule has 0 aromatic heterocycles. The molecule has 7 nitrogen and oxygen atoms in total. The zero-order valence-electron chi connectivity index (χ0n) is 23.4. The van der Waals surface area contributed by atoms with Gasteiger partial charge in [0.2, 0.25) is 5.91 Å². The standard InChI is InChI=1S/C31H38Cl2FN3O4/c1-2-41-28(39)15-13-25(27(38)14-10-21-9-12-24(32)29(33)30(21)34)36-17-16-23(11-8-20-6-4-3-5-7-20)37-19-22(35)18-26(37)31(36)40/h3-7,9,12,22-23,25-26H,2,8,10-11,13-19,35H2,1H3/t22-,23?,25-,26+/m1/s1. The summed E-state index contributed by atoms with van der Waals surface area (Å²) in [6.45, 7) is 2.97. The zero-order chi connectivity index (χ0) is 29.5. The van der Waals surface area contributed by atoms with Crippen LogP contribution in [0.3, 0.4) is 0 Å². The number of aryl methyl sites for hydroxylation is 2. The quantitative estimate of drug-likeness (QED) is 0.271.